The predicted molar refractivity (Wildman–Crippen MR) is 117 cm³/mol. The van der Waals surface area contributed by atoms with E-state index in [1.807, 2.05) is 0 Å². The number of sulfonamides is 2. The monoisotopic (exact) mass is 504 g/mol. The Bertz CT molecular complexity index is 1350. The summed E-state index contributed by atoms with van der Waals surface area (Å²) in [5.41, 5.74) is -0.148. The Labute approximate surface area is 188 Å². The highest BCUT2D eigenvalue weighted by molar-refractivity contribution is 7.93. The summed E-state index contributed by atoms with van der Waals surface area (Å²) in [5.74, 6) is -0.863. The Morgan fingerprint density at radius 2 is 1.42 bits per heavy atom. The van der Waals surface area contributed by atoms with E-state index in [1.54, 1.807) is 0 Å². The average Bonchev–Trinajstić information content (AvgIpc) is 2.71. The molecular weight excluding hydrogens is 490 g/mol. The minimum atomic E-state index is -4.32. The molecule has 0 aliphatic heterocycles. The normalized spacial score (nSPS) is 11.7. The molecule has 0 heterocycles. The van der Waals surface area contributed by atoms with Crippen molar-refractivity contribution in [2.24, 2.45) is 0 Å². The second-order valence-corrected chi connectivity index (χ2v) is 10.3. The van der Waals surface area contributed by atoms with Crippen molar-refractivity contribution in [3.05, 3.63) is 76.5 Å². The van der Waals surface area contributed by atoms with Gasteiger partial charge in [-0.25, -0.2) is 21.2 Å². The Balaban J connectivity index is 1.97. The molecule has 0 fully saturated rings. The molecule has 0 bridgehead atoms. The zero-order chi connectivity index (χ0) is 22.8. The fourth-order valence-electron chi connectivity index (χ4n) is 2.57. The summed E-state index contributed by atoms with van der Waals surface area (Å²) >= 11 is 11.7. The van der Waals surface area contributed by atoms with Crippen molar-refractivity contribution in [1.29, 1.82) is 0 Å². The zero-order valence-corrected chi connectivity index (χ0v) is 18.9. The molecule has 3 aromatic carbocycles. The Morgan fingerprint density at radius 1 is 0.806 bits per heavy atom. The van der Waals surface area contributed by atoms with E-state index in [4.69, 9.17) is 27.9 Å². The number of nitrogens with one attached hydrogen (secondary N) is 2. The Kier molecular flexibility index (Phi) is 6.65. The number of anilines is 2. The van der Waals surface area contributed by atoms with Crippen LogP contribution in [0.5, 0.6) is 5.75 Å². The molecule has 3 aromatic rings. The SMILES string of the molecule is COc1ccc(F)cc1S(=O)(=O)Nc1ccccc1NS(=O)(=O)c1ccc(Cl)c(Cl)c1. The summed E-state index contributed by atoms with van der Waals surface area (Å²) in [6, 6.07) is 12.5. The molecule has 0 aliphatic carbocycles. The maximum atomic E-state index is 13.6. The van der Waals surface area contributed by atoms with Crippen LogP contribution in [-0.2, 0) is 20.0 Å². The summed E-state index contributed by atoms with van der Waals surface area (Å²) < 4.78 is 74.3. The lowest BCUT2D eigenvalue weighted by atomic mass is 10.3. The van der Waals surface area contributed by atoms with Crippen molar-refractivity contribution in [3.63, 3.8) is 0 Å². The molecule has 0 amide bonds. The van der Waals surface area contributed by atoms with Gasteiger partial charge in [0.2, 0.25) is 0 Å². The van der Waals surface area contributed by atoms with Gasteiger partial charge in [0.05, 0.1) is 33.4 Å². The molecule has 0 aliphatic rings. The van der Waals surface area contributed by atoms with Gasteiger partial charge in [-0.1, -0.05) is 35.3 Å². The summed E-state index contributed by atoms with van der Waals surface area (Å²) in [7, 11) is -7.21. The van der Waals surface area contributed by atoms with Gasteiger partial charge < -0.3 is 4.74 Å². The summed E-state index contributed by atoms with van der Waals surface area (Å²) in [4.78, 5) is -0.622. The topological polar surface area (TPSA) is 102 Å². The first kappa shape index (κ1) is 23.1. The van der Waals surface area contributed by atoms with Crippen molar-refractivity contribution >= 4 is 54.6 Å². The van der Waals surface area contributed by atoms with Crippen LogP contribution >= 0.6 is 23.2 Å². The van der Waals surface area contributed by atoms with Crippen molar-refractivity contribution in [2.45, 2.75) is 9.79 Å². The number of rotatable bonds is 7. The lowest BCUT2D eigenvalue weighted by Gasteiger charge is -2.16. The second-order valence-electron chi connectivity index (χ2n) is 6.13. The molecular formula is C19H15Cl2FN2O5S2. The number of halogens is 3. The van der Waals surface area contributed by atoms with Gasteiger partial charge >= 0.3 is 0 Å². The molecule has 2 N–H and O–H groups in total. The van der Waals surface area contributed by atoms with Gasteiger partial charge in [0.1, 0.15) is 16.5 Å². The number of benzene rings is 3. The van der Waals surface area contributed by atoms with E-state index < -0.39 is 30.8 Å². The molecule has 31 heavy (non-hydrogen) atoms. The van der Waals surface area contributed by atoms with Gasteiger partial charge in [0, 0.05) is 0 Å². The largest absolute Gasteiger partial charge is 0.495 e. The third-order valence-corrected chi connectivity index (χ3v) is 7.52. The minimum Gasteiger partial charge on any atom is -0.495 e. The number of hydrogen-bond acceptors (Lipinski definition) is 5. The van der Waals surface area contributed by atoms with Crippen LogP contribution in [0.25, 0.3) is 0 Å². The van der Waals surface area contributed by atoms with Crippen LogP contribution in [0.3, 0.4) is 0 Å². The molecule has 7 nitrogen and oxygen atoms in total. The van der Waals surface area contributed by atoms with Crippen LogP contribution in [0.2, 0.25) is 10.0 Å². The number of methoxy groups -OCH3 is 1. The van der Waals surface area contributed by atoms with Crippen LogP contribution in [0.15, 0.2) is 70.5 Å². The van der Waals surface area contributed by atoms with Crippen LogP contribution < -0.4 is 14.2 Å². The first-order valence-electron chi connectivity index (χ1n) is 8.47. The van der Waals surface area contributed by atoms with E-state index >= 15 is 0 Å². The lowest BCUT2D eigenvalue weighted by Crippen LogP contribution is -2.18. The summed E-state index contributed by atoms with van der Waals surface area (Å²) in [6.45, 7) is 0. The highest BCUT2D eigenvalue weighted by atomic mass is 35.5. The van der Waals surface area contributed by atoms with Crippen LogP contribution in [0.1, 0.15) is 0 Å². The zero-order valence-electron chi connectivity index (χ0n) is 15.8. The number of hydrogen-bond donors (Lipinski definition) is 2. The number of para-hydroxylation sites is 2. The van der Waals surface area contributed by atoms with Gasteiger partial charge in [0.25, 0.3) is 20.0 Å². The Morgan fingerprint density at radius 3 is 2.00 bits per heavy atom. The fourth-order valence-corrected chi connectivity index (χ4v) is 5.30. The van der Waals surface area contributed by atoms with Crippen LogP contribution in [-0.4, -0.2) is 23.9 Å². The summed E-state index contributed by atoms with van der Waals surface area (Å²) in [5, 5.41) is 0.217. The second kappa shape index (κ2) is 8.91. The van der Waals surface area contributed by atoms with Gasteiger partial charge in [0.15, 0.2) is 0 Å². The third kappa shape index (κ3) is 5.21. The smallest absolute Gasteiger partial charge is 0.265 e. The van der Waals surface area contributed by atoms with Gasteiger partial charge in [-0.2, -0.15) is 0 Å². The van der Waals surface area contributed by atoms with Gasteiger partial charge in [-0.3, -0.25) is 9.44 Å². The molecule has 0 atom stereocenters. The van der Waals surface area contributed by atoms with Gasteiger partial charge in [-0.15, -0.1) is 0 Å². The fraction of sp³-hybridized carbons (Fsp3) is 0.0526. The molecule has 12 heteroatoms. The average molecular weight is 505 g/mol. The van der Waals surface area contributed by atoms with Crippen LogP contribution in [0, 0.1) is 5.82 Å². The van der Waals surface area contributed by atoms with E-state index in [0.717, 1.165) is 18.2 Å². The van der Waals surface area contributed by atoms with Gasteiger partial charge in [-0.05, 0) is 48.5 Å². The lowest BCUT2D eigenvalue weighted by molar-refractivity contribution is 0.401. The van der Waals surface area contributed by atoms with Crippen molar-refractivity contribution in [2.75, 3.05) is 16.6 Å². The number of ether oxygens (including phenoxy) is 1. The summed E-state index contributed by atoms with van der Waals surface area (Å²) in [6.07, 6.45) is 0. The maximum Gasteiger partial charge on any atom is 0.265 e. The maximum absolute atomic E-state index is 13.6. The standard InChI is InChI=1S/C19H15Cl2FN2O5S2/c1-29-18-9-6-12(22)10-19(18)31(27,28)24-17-5-3-2-4-16(17)23-30(25,26)13-7-8-14(20)15(21)11-13/h2-11,23-24H,1H3. The quantitative estimate of drug-likeness (QED) is 0.483. The van der Waals surface area contributed by atoms with E-state index in [9.17, 15) is 21.2 Å². The van der Waals surface area contributed by atoms with E-state index in [0.29, 0.717) is 0 Å². The molecule has 164 valence electrons. The van der Waals surface area contributed by atoms with Crippen molar-refractivity contribution in [1.82, 2.24) is 0 Å². The molecule has 0 unspecified atom stereocenters. The van der Waals surface area contributed by atoms with Crippen molar-refractivity contribution < 1.29 is 26.0 Å². The van der Waals surface area contributed by atoms with Crippen LogP contribution in [0.4, 0.5) is 15.8 Å². The molecule has 3 rings (SSSR count). The van der Waals surface area contributed by atoms with E-state index in [-0.39, 0.29) is 32.1 Å². The first-order chi connectivity index (χ1) is 14.5. The molecule has 0 saturated carbocycles. The Hall–Kier alpha value is -2.53. The predicted octanol–water partition coefficient (Wildman–Crippen LogP) is 4.74. The third-order valence-electron chi connectivity index (χ3n) is 4.03. The minimum absolute atomic E-state index is 0.0386. The highest BCUT2D eigenvalue weighted by Gasteiger charge is 2.23. The molecule has 0 spiro atoms. The molecule has 0 saturated heterocycles. The first-order valence-corrected chi connectivity index (χ1v) is 12.2. The van der Waals surface area contributed by atoms with Crippen molar-refractivity contribution in [3.8, 4) is 5.75 Å². The van der Waals surface area contributed by atoms with E-state index in [1.165, 1.54) is 49.6 Å². The molecule has 0 aromatic heterocycles. The molecule has 0 radical (unpaired) electrons. The highest BCUT2D eigenvalue weighted by Crippen LogP contribution is 2.31. The van der Waals surface area contributed by atoms with E-state index in [2.05, 4.69) is 9.44 Å².